The number of nitrogens with two attached hydrogens (primary N) is 1. The molecule has 0 aliphatic rings. The van der Waals surface area contributed by atoms with Gasteiger partial charge in [-0.1, -0.05) is 17.7 Å². The fourth-order valence-corrected chi connectivity index (χ4v) is 2.64. The number of anilines is 1. The first-order chi connectivity index (χ1) is 8.54. The van der Waals surface area contributed by atoms with Crippen molar-refractivity contribution in [3.05, 3.63) is 39.7 Å². The quantitative estimate of drug-likeness (QED) is 0.853. The Labute approximate surface area is 114 Å². The van der Waals surface area contributed by atoms with E-state index in [9.17, 15) is 4.79 Å². The van der Waals surface area contributed by atoms with Crippen molar-refractivity contribution in [3.8, 4) is 11.1 Å². The van der Waals surface area contributed by atoms with Crippen LogP contribution in [0, 0.1) is 6.92 Å². The average Bonchev–Trinajstić information content (AvgIpc) is 2.74. The van der Waals surface area contributed by atoms with Crippen molar-refractivity contribution >= 4 is 33.9 Å². The maximum atomic E-state index is 11.7. The number of ether oxygens (including phenoxy) is 1. The number of esters is 1. The van der Waals surface area contributed by atoms with Crippen LogP contribution in [0.1, 0.15) is 15.9 Å². The number of hydrogen-bond acceptors (Lipinski definition) is 4. The van der Waals surface area contributed by atoms with Crippen molar-refractivity contribution in [2.75, 3.05) is 12.8 Å². The van der Waals surface area contributed by atoms with Gasteiger partial charge in [-0.05, 0) is 30.2 Å². The number of methoxy groups -OCH3 is 1. The summed E-state index contributed by atoms with van der Waals surface area (Å²) in [4.78, 5) is 11.7. The van der Waals surface area contributed by atoms with Crippen LogP contribution in [-0.4, -0.2) is 13.1 Å². The Morgan fingerprint density at radius 3 is 2.78 bits per heavy atom. The third-order valence-electron chi connectivity index (χ3n) is 2.68. The van der Waals surface area contributed by atoms with E-state index in [1.54, 1.807) is 6.07 Å². The van der Waals surface area contributed by atoms with E-state index in [2.05, 4.69) is 0 Å². The lowest BCUT2D eigenvalue weighted by molar-refractivity contribution is 0.0603. The second-order valence-corrected chi connectivity index (χ2v) is 5.16. The van der Waals surface area contributed by atoms with Crippen molar-refractivity contribution in [2.24, 2.45) is 0 Å². The van der Waals surface area contributed by atoms with Crippen LogP contribution in [0.15, 0.2) is 23.6 Å². The molecule has 0 amide bonds. The Hall–Kier alpha value is -1.52. The van der Waals surface area contributed by atoms with Gasteiger partial charge < -0.3 is 10.5 Å². The van der Waals surface area contributed by atoms with E-state index in [1.165, 1.54) is 18.4 Å². The highest BCUT2D eigenvalue weighted by Crippen LogP contribution is 2.35. The van der Waals surface area contributed by atoms with Crippen molar-refractivity contribution < 1.29 is 9.53 Å². The van der Waals surface area contributed by atoms with Crippen LogP contribution in [0.5, 0.6) is 0 Å². The second-order valence-electron chi connectivity index (χ2n) is 3.84. The van der Waals surface area contributed by atoms with Crippen LogP contribution < -0.4 is 5.73 Å². The first kappa shape index (κ1) is 12.9. The van der Waals surface area contributed by atoms with Gasteiger partial charge in [0.2, 0.25) is 0 Å². The Morgan fingerprint density at radius 1 is 1.44 bits per heavy atom. The van der Waals surface area contributed by atoms with E-state index in [-0.39, 0.29) is 0 Å². The van der Waals surface area contributed by atoms with Crippen LogP contribution in [0.3, 0.4) is 0 Å². The Morgan fingerprint density at radius 2 is 2.17 bits per heavy atom. The molecule has 0 saturated carbocycles. The van der Waals surface area contributed by atoms with Crippen LogP contribution in [-0.2, 0) is 4.74 Å². The SMILES string of the molecule is COC(=O)c1c(-c2ccc(Cl)c(C)c2)csc1N. The summed E-state index contributed by atoms with van der Waals surface area (Å²) in [6, 6.07) is 5.60. The molecule has 2 aromatic rings. The number of thiophene rings is 1. The highest BCUT2D eigenvalue weighted by Gasteiger charge is 2.19. The zero-order valence-corrected chi connectivity index (χ0v) is 11.6. The van der Waals surface area contributed by atoms with Crippen molar-refractivity contribution in [1.82, 2.24) is 0 Å². The molecule has 0 atom stereocenters. The molecule has 0 aliphatic heterocycles. The van der Waals surface area contributed by atoms with Gasteiger partial charge in [-0.3, -0.25) is 0 Å². The number of carbonyl (C=O) groups excluding carboxylic acids is 1. The second kappa shape index (κ2) is 5.00. The maximum Gasteiger partial charge on any atom is 0.341 e. The Balaban J connectivity index is 2.57. The van der Waals surface area contributed by atoms with Crippen LogP contribution in [0.25, 0.3) is 11.1 Å². The van der Waals surface area contributed by atoms with Gasteiger partial charge in [-0.2, -0.15) is 0 Å². The number of carbonyl (C=O) groups is 1. The van der Waals surface area contributed by atoms with Crippen LogP contribution >= 0.6 is 22.9 Å². The summed E-state index contributed by atoms with van der Waals surface area (Å²) in [5.41, 5.74) is 8.88. The zero-order chi connectivity index (χ0) is 13.3. The first-order valence-corrected chi connectivity index (χ1v) is 6.52. The van der Waals surface area contributed by atoms with Crippen molar-refractivity contribution in [1.29, 1.82) is 0 Å². The molecule has 2 rings (SSSR count). The average molecular weight is 282 g/mol. The normalized spacial score (nSPS) is 10.4. The predicted octanol–water partition coefficient (Wildman–Crippen LogP) is 3.75. The minimum atomic E-state index is -0.420. The molecule has 5 heteroatoms. The van der Waals surface area contributed by atoms with E-state index in [0.29, 0.717) is 15.6 Å². The highest BCUT2D eigenvalue weighted by atomic mass is 35.5. The number of benzene rings is 1. The highest BCUT2D eigenvalue weighted by molar-refractivity contribution is 7.14. The number of nitrogen functional groups attached to an aromatic ring is 1. The third kappa shape index (κ3) is 2.21. The van der Waals surface area contributed by atoms with Gasteiger partial charge in [-0.25, -0.2) is 4.79 Å². The number of aryl methyl sites for hydroxylation is 1. The molecule has 1 aromatic heterocycles. The fourth-order valence-electron chi connectivity index (χ4n) is 1.71. The molecule has 0 saturated heterocycles. The molecule has 1 heterocycles. The van der Waals surface area contributed by atoms with E-state index in [1.807, 2.05) is 24.4 Å². The third-order valence-corrected chi connectivity index (χ3v) is 3.91. The summed E-state index contributed by atoms with van der Waals surface area (Å²) in [6.07, 6.45) is 0. The molecule has 1 aromatic carbocycles. The molecular formula is C13H12ClNO2S. The van der Waals surface area contributed by atoms with Crippen LogP contribution in [0.2, 0.25) is 5.02 Å². The number of halogens is 1. The predicted molar refractivity (Wildman–Crippen MR) is 75.3 cm³/mol. The molecule has 0 bridgehead atoms. The molecule has 2 N–H and O–H groups in total. The smallest absolute Gasteiger partial charge is 0.341 e. The number of hydrogen-bond donors (Lipinski definition) is 1. The van der Waals surface area contributed by atoms with Gasteiger partial charge in [0, 0.05) is 16.0 Å². The molecule has 0 unspecified atom stereocenters. The van der Waals surface area contributed by atoms with Gasteiger partial charge in [0.1, 0.15) is 10.6 Å². The summed E-state index contributed by atoms with van der Waals surface area (Å²) in [5.74, 6) is -0.420. The van der Waals surface area contributed by atoms with Gasteiger partial charge in [0.25, 0.3) is 0 Å². The summed E-state index contributed by atoms with van der Waals surface area (Å²) in [7, 11) is 1.34. The topological polar surface area (TPSA) is 52.3 Å². The van der Waals surface area contributed by atoms with Crippen molar-refractivity contribution in [3.63, 3.8) is 0 Å². The lowest BCUT2D eigenvalue weighted by Gasteiger charge is -2.06. The molecule has 94 valence electrons. The molecular weight excluding hydrogens is 270 g/mol. The minimum absolute atomic E-state index is 0.420. The standard InChI is InChI=1S/C13H12ClNO2S/c1-7-5-8(3-4-10(7)14)9-6-18-12(15)11(9)13(16)17-2/h3-6H,15H2,1-2H3. The van der Waals surface area contributed by atoms with Gasteiger partial charge in [-0.15, -0.1) is 11.3 Å². The molecule has 18 heavy (non-hydrogen) atoms. The molecule has 0 aliphatic carbocycles. The summed E-state index contributed by atoms with van der Waals surface area (Å²) >= 11 is 7.31. The lowest BCUT2D eigenvalue weighted by Crippen LogP contribution is -2.04. The molecule has 0 radical (unpaired) electrons. The monoisotopic (exact) mass is 281 g/mol. The minimum Gasteiger partial charge on any atom is -0.465 e. The summed E-state index contributed by atoms with van der Waals surface area (Å²) in [6.45, 7) is 1.92. The first-order valence-electron chi connectivity index (χ1n) is 5.26. The van der Waals surface area contributed by atoms with Gasteiger partial charge in [0.05, 0.1) is 7.11 Å². The Bertz CT molecular complexity index is 607. The van der Waals surface area contributed by atoms with E-state index in [4.69, 9.17) is 22.1 Å². The maximum absolute atomic E-state index is 11.7. The van der Waals surface area contributed by atoms with E-state index in [0.717, 1.165) is 16.7 Å². The molecule has 3 nitrogen and oxygen atoms in total. The number of rotatable bonds is 2. The van der Waals surface area contributed by atoms with Gasteiger partial charge in [0.15, 0.2) is 0 Å². The van der Waals surface area contributed by atoms with E-state index >= 15 is 0 Å². The lowest BCUT2D eigenvalue weighted by atomic mass is 10.0. The molecule has 0 fully saturated rings. The van der Waals surface area contributed by atoms with Gasteiger partial charge >= 0.3 is 5.97 Å². The largest absolute Gasteiger partial charge is 0.465 e. The zero-order valence-electron chi connectivity index (χ0n) is 9.99. The van der Waals surface area contributed by atoms with Crippen molar-refractivity contribution in [2.45, 2.75) is 6.92 Å². The summed E-state index contributed by atoms with van der Waals surface area (Å²) < 4.78 is 4.75. The molecule has 0 spiro atoms. The fraction of sp³-hybridized carbons (Fsp3) is 0.154. The Kier molecular flexibility index (Phi) is 3.59. The van der Waals surface area contributed by atoms with Crippen LogP contribution in [0.4, 0.5) is 5.00 Å². The summed E-state index contributed by atoms with van der Waals surface area (Å²) in [5, 5.41) is 3.01. The van der Waals surface area contributed by atoms with E-state index < -0.39 is 5.97 Å².